The third kappa shape index (κ3) is 4.44. The van der Waals surface area contributed by atoms with E-state index in [2.05, 4.69) is 162 Å². The minimum Gasteiger partial charge on any atom is -0.311 e. The van der Waals surface area contributed by atoms with Crippen LogP contribution in [-0.2, 0) is 0 Å². The van der Waals surface area contributed by atoms with Crippen LogP contribution in [0.1, 0.15) is 76.0 Å². The van der Waals surface area contributed by atoms with Gasteiger partial charge in [-0.05, 0) is 110 Å². The van der Waals surface area contributed by atoms with E-state index in [9.17, 15) is 0 Å². The standard InChI is InChI=1S/C45H40BNS/c1-26(2)29-10-9-11-34(20-29)47-41-23-31(28(5)6)16-19-40(41)46-39-18-15-30(27(3)4)21-37(39)38-22-33(24-42(47)45(38)46)32-14-17-36-35-12-7-8-13-43(35)48-44(36)25-32/h7-28H,1-6H3. The van der Waals surface area contributed by atoms with Crippen LogP contribution in [0.5, 0.6) is 0 Å². The van der Waals surface area contributed by atoms with Gasteiger partial charge in [0.1, 0.15) is 0 Å². The highest BCUT2D eigenvalue weighted by Gasteiger charge is 2.43. The van der Waals surface area contributed by atoms with Gasteiger partial charge in [-0.15, -0.1) is 11.3 Å². The van der Waals surface area contributed by atoms with Crippen LogP contribution in [-0.4, -0.2) is 6.71 Å². The fourth-order valence-electron chi connectivity index (χ4n) is 8.11. The zero-order valence-corrected chi connectivity index (χ0v) is 29.5. The molecule has 0 atom stereocenters. The molecule has 48 heavy (non-hydrogen) atoms. The van der Waals surface area contributed by atoms with Crippen LogP contribution in [0.25, 0.3) is 42.4 Å². The molecule has 0 unspecified atom stereocenters. The molecule has 0 amide bonds. The zero-order chi connectivity index (χ0) is 32.8. The molecule has 0 fully saturated rings. The summed E-state index contributed by atoms with van der Waals surface area (Å²) in [6.45, 7) is 14.0. The number of fused-ring (bicyclic) bond motifs is 8. The normalized spacial score (nSPS) is 13.3. The molecule has 6 aromatic carbocycles. The number of hydrogen-bond donors (Lipinski definition) is 0. The third-order valence-electron chi connectivity index (χ3n) is 10.8. The summed E-state index contributed by atoms with van der Waals surface area (Å²) < 4.78 is 2.69. The Labute approximate surface area is 289 Å². The number of anilines is 3. The monoisotopic (exact) mass is 637 g/mol. The molecule has 0 bridgehead atoms. The summed E-state index contributed by atoms with van der Waals surface area (Å²) >= 11 is 1.90. The summed E-state index contributed by atoms with van der Waals surface area (Å²) in [4.78, 5) is 2.58. The van der Waals surface area contributed by atoms with Crippen molar-refractivity contribution >= 4 is 71.7 Å². The summed E-state index contributed by atoms with van der Waals surface area (Å²) in [5.74, 6) is 1.37. The van der Waals surface area contributed by atoms with Crippen molar-refractivity contribution < 1.29 is 0 Å². The van der Waals surface area contributed by atoms with Gasteiger partial charge in [0.2, 0.25) is 6.71 Å². The van der Waals surface area contributed by atoms with Gasteiger partial charge in [0.15, 0.2) is 0 Å². The van der Waals surface area contributed by atoms with Crippen molar-refractivity contribution in [2.75, 3.05) is 4.90 Å². The molecule has 0 radical (unpaired) electrons. The average Bonchev–Trinajstić information content (AvgIpc) is 3.63. The zero-order valence-electron chi connectivity index (χ0n) is 28.6. The van der Waals surface area contributed by atoms with Gasteiger partial charge in [0.05, 0.1) is 0 Å². The summed E-state index contributed by atoms with van der Waals surface area (Å²) in [6, 6.07) is 44.7. The van der Waals surface area contributed by atoms with Crippen molar-refractivity contribution in [2.45, 2.75) is 59.3 Å². The molecule has 1 nitrogen and oxygen atoms in total. The Morgan fingerprint density at radius 1 is 0.500 bits per heavy atom. The van der Waals surface area contributed by atoms with Crippen molar-refractivity contribution in [1.29, 1.82) is 0 Å². The van der Waals surface area contributed by atoms with Crippen molar-refractivity contribution in [3.63, 3.8) is 0 Å². The molecule has 3 heterocycles. The minimum atomic E-state index is 0.214. The van der Waals surface area contributed by atoms with Crippen LogP contribution < -0.4 is 21.3 Å². The first-order chi connectivity index (χ1) is 23.3. The summed E-state index contributed by atoms with van der Waals surface area (Å²) in [5, 5.41) is 2.69. The van der Waals surface area contributed by atoms with E-state index in [0.717, 1.165) is 0 Å². The molecular weight excluding hydrogens is 597 g/mol. The van der Waals surface area contributed by atoms with E-state index in [1.165, 1.54) is 92.6 Å². The lowest BCUT2D eigenvalue weighted by molar-refractivity contribution is 0.865. The van der Waals surface area contributed by atoms with E-state index in [0.29, 0.717) is 17.8 Å². The molecule has 1 aromatic heterocycles. The van der Waals surface area contributed by atoms with E-state index in [1.54, 1.807) is 0 Å². The number of rotatable bonds is 5. The second-order valence-electron chi connectivity index (χ2n) is 14.8. The number of thiophene rings is 1. The van der Waals surface area contributed by atoms with Crippen LogP contribution in [0.2, 0.25) is 0 Å². The molecule has 9 rings (SSSR count). The lowest BCUT2D eigenvalue weighted by Gasteiger charge is -2.37. The fourth-order valence-corrected chi connectivity index (χ4v) is 9.25. The van der Waals surface area contributed by atoms with E-state index in [1.807, 2.05) is 11.3 Å². The second-order valence-corrected chi connectivity index (χ2v) is 15.8. The summed E-state index contributed by atoms with van der Waals surface area (Å²) in [5.41, 5.74) is 17.6. The highest BCUT2D eigenvalue weighted by Crippen LogP contribution is 2.45. The Morgan fingerprint density at radius 2 is 1.21 bits per heavy atom. The molecule has 0 aliphatic carbocycles. The van der Waals surface area contributed by atoms with Crippen LogP contribution in [0.3, 0.4) is 0 Å². The highest BCUT2D eigenvalue weighted by molar-refractivity contribution is 7.25. The number of benzene rings is 6. The highest BCUT2D eigenvalue weighted by atomic mass is 32.1. The van der Waals surface area contributed by atoms with Gasteiger partial charge < -0.3 is 4.90 Å². The maximum absolute atomic E-state index is 2.58. The van der Waals surface area contributed by atoms with Crippen LogP contribution in [0, 0.1) is 0 Å². The van der Waals surface area contributed by atoms with E-state index in [-0.39, 0.29) is 6.71 Å². The second kappa shape index (κ2) is 11.0. The van der Waals surface area contributed by atoms with E-state index < -0.39 is 0 Å². The van der Waals surface area contributed by atoms with Gasteiger partial charge in [0.25, 0.3) is 0 Å². The van der Waals surface area contributed by atoms with Crippen molar-refractivity contribution in [1.82, 2.24) is 0 Å². The van der Waals surface area contributed by atoms with Gasteiger partial charge >= 0.3 is 0 Å². The molecule has 0 saturated heterocycles. The van der Waals surface area contributed by atoms with Gasteiger partial charge in [0, 0.05) is 37.2 Å². The maximum atomic E-state index is 2.58. The Bertz CT molecular complexity index is 2410. The molecular formula is C45H40BNS. The lowest BCUT2D eigenvalue weighted by Crippen LogP contribution is -2.54. The first kappa shape index (κ1) is 29.5. The third-order valence-corrected chi connectivity index (χ3v) is 11.9. The lowest BCUT2D eigenvalue weighted by atomic mass is 9.37. The SMILES string of the molecule is CC(C)c1cccc(N2c3cc(C(C)C)ccc3B3c4ccc(C(C)C)cc4-c4cc(-c5ccc6c(c5)sc5ccccc56)cc2c43)c1. The number of nitrogens with zero attached hydrogens (tertiary/aromatic N) is 1. The van der Waals surface area contributed by atoms with Crippen molar-refractivity contribution in [2.24, 2.45) is 0 Å². The van der Waals surface area contributed by atoms with Gasteiger partial charge in [-0.3, -0.25) is 0 Å². The Hall–Kier alpha value is -4.60. The Balaban J connectivity index is 1.35. The smallest absolute Gasteiger partial charge is 0.248 e. The molecule has 2 aliphatic rings. The quantitative estimate of drug-likeness (QED) is 0.170. The van der Waals surface area contributed by atoms with Gasteiger partial charge in [-0.25, -0.2) is 0 Å². The van der Waals surface area contributed by atoms with Gasteiger partial charge in [-0.1, -0.05) is 120 Å². The molecule has 2 aliphatic heterocycles. The molecule has 0 N–H and O–H groups in total. The Kier molecular flexibility index (Phi) is 6.75. The van der Waals surface area contributed by atoms with Crippen LogP contribution in [0.15, 0.2) is 115 Å². The molecule has 0 spiro atoms. The topological polar surface area (TPSA) is 3.24 Å². The van der Waals surface area contributed by atoms with Crippen molar-refractivity contribution in [3.05, 3.63) is 132 Å². The summed E-state index contributed by atoms with van der Waals surface area (Å²) in [6.07, 6.45) is 0. The van der Waals surface area contributed by atoms with Crippen LogP contribution in [0.4, 0.5) is 17.1 Å². The van der Waals surface area contributed by atoms with E-state index >= 15 is 0 Å². The minimum absolute atomic E-state index is 0.214. The molecule has 234 valence electrons. The van der Waals surface area contributed by atoms with Gasteiger partial charge in [-0.2, -0.15) is 0 Å². The predicted molar refractivity (Wildman–Crippen MR) is 212 cm³/mol. The van der Waals surface area contributed by atoms with Crippen LogP contribution >= 0.6 is 11.3 Å². The maximum Gasteiger partial charge on any atom is 0.248 e. The molecule has 0 saturated carbocycles. The molecule has 3 heteroatoms. The molecule has 7 aromatic rings. The summed E-state index contributed by atoms with van der Waals surface area (Å²) in [7, 11) is 0. The first-order valence-electron chi connectivity index (χ1n) is 17.5. The largest absolute Gasteiger partial charge is 0.311 e. The fraction of sp³-hybridized carbons (Fsp3) is 0.200. The van der Waals surface area contributed by atoms with E-state index in [4.69, 9.17) is 0 Å². The first-order valence-corrected chi connectivity index (χ1v) is 18.4. The Morgan fingerprint density at radius 3 is 2.00 bits per heavy atom. The predicted octanol–water partition coefficient (Wildman–Crippen LogP) is 11.4. The number of hydrogen-bond acceptors (Lipinski definition) is 2. The van der Waals surface area contributed by atoms with Crippen molar-refractivity contribution in [3.8, 4) is 22.3 Å². The average molecular weight is 638 g/mol.